The zero-order valence-electron chi connectivity index (χ0n) is 16.1. The predicted octanol–water partition coefficient (Wildman–Crippen LogP) is 3.81. The minimum absolute atomic E-state index is 0.104. The Hall–Kier alpha value is -3.40. The average Bonchev–Trinajstić information content (AvgIpc) is 3.28. The molecule has 0 unspecified atom stereocenters. The monoisotopic (exact) mass is 429 g/mol. The quantitative estimate of drug-likeness (QED) is 0.293. The van der Waals surface area contributed by atoms with Crippen LogP contribution in [-0.2, 0) is 9.59 Å². The lowest BCUT2D eigenvalue weighted by Gasteiger charge is -2.12. The normalized spacial score (nSPS) is 15.1. The Balaban J connectivity index is 1.74. The summed E-state index contributed by atoms with van der Waals surface area (Å²) in [6.45, 7) is 2.14. The molecular formula is C20H19N3O6S. The number of imide groups is 1. The third-order valence-corrected chi connectivity index (χ3v) is 5.20. The second kappa shape index (κ2) is 9.40. The van der Waals surface area contributed by atoms with Gasteiger partial charge in [-0.15, -0.1) is 0 Å². The molecule has 3 amide bonds. The van der Waals surface area contributed by atoms with Crippen LogP contribution in [0.15, 0.2) is 45.7 Å². The SMILES string of the molecule is CCCCNC(=O)CN1C(=O)S/C(=C\c2ccc(-c3ccccc3[N+](=O)[O-])o2)C1=O. The second-order valence-electron chi connectivity index (χ2n) is 6.45. The van der Waals surface area contributed by atoms with Crippen molar-refractivity contribution < 1.29 is 23.7 Å². The first-order valence-electron chi connectivity index (χ1n) is 9.26. The van der Waals surface area contributed by atoms with Gasteiger partial charge in [-0.1, -0.05) is 25.5 Å². The summed E-state index contributed by atoms with van der Waals surface area (Å²) in [6, 6.07) is 9.25. The maximum Gasteiger partial charge on any atom is 0.294 e. The number of hydrogen-bond donors (Lipinski definition) is 1. The maximum absolute atomic E-state index is 12.5. The largest absolute Gasteiger partial charge is 0.456 e. The maximum atomic E-state index is 12.5. The standard InChI is InChI=1S/C20H19N3O6S/c1-2-3-10-21-18(24)12-22-19(25)17(30-20(22)26)11-13-8-9-16(29-13)14-6-4-5-7-15(14)23(27)28/h4-9,11H,2-3,10,12H2,1H3,(H,21,24)/b17-11-. The molecule has 1 aliphatic rings. The summed E-state index contributed by atoms with van der Waals surface area (Å²) in [5.41, 5.74) is 0.201. The number of carbonyl (C=O) groups is 3. The minimum Gasteiger partial charge on any atom is -0.456 e. The number of amides is 3. The van der Waals surface area contributed by atoms with E-state index in [4.69, 9.17) is 4.42 Å². The second-order valence-corrected chi connectivity index (χ2v) is 7.44. The Morgan fingerprint density at radius 1 is 1.27 bits per heavy atom. The lowest BCUT2D eigenvalue weighted by molar-refractivity contribution is -0.384. The number of unbranched alkanes of at least 4 members (excludes halogenated alkanes) is 1. The highest BCUT2D eigenvalue weighted by molar-refractivity contribution is 8.18. The molecule has 0 bridgehead atoms. The molecule has 2 heterocycles. The molecule has 1 saturated heterocycles. The molecule has 0 radical (unpaired) electrons. The first kappa shape index (κ1) is 21.3. The van der Waals surface area contributed by atoms with Crippen molar-refractivity contribution in [1.29, 1.82) is 0 Å². The smallest absolute Gasteiger partial charge is 0.294 e. The number of nitro benzene ring substituents is 1. The van der Waals surface area contributed by atoms with Gasteiger partial charge >= 0.3 is 0 Å². The molecule has 2 aromatic rings. The lowest BCUT2D eigenvalue weighted by Crippen LogP contribution is -2.39. The van der Waals surface area contributed by atoms with E-state index in [2.05, 4.69) is 5.32 Å². The van der Waals surface area contributed by atoms with Crippen LogP contribution < -0.4 is 5.32 Å². The van der Waals surface area contributed by atoms with E-state index in [1.165, 1.54) is 12.1 Å². The number of nitrogens with zero attached hydrogens (tertiary/aromatic N) is 2. The highest BCUT2D eigenvalue weighted by Crippen LogP contribution is 2.35. The van der Waals surface area contributed by atoms with Crippen LogP contribution in [-0.4, -0.2) is 40.0 Å². The zero-order valence-corrected chi connectivity index (χ0v) is 16.9. The van der Waals surface area contributed by atoms with E-state index < -0.39 is 22.0 Å². The molecule has 0 spiro atoms. The van der Waals surface area contributed by atoms with Gasteiger partial charge in [-0.25, -0.2) is 0 Å². The van der Waals surface area contributed by atoms with Crippen LogP contribution in [0.3, 0.4) is 0 Å². The van der Waals surface area contributed by atoms with Crippen molar-refractivity contribution in [2.75, 3.05) is 13.1 Å². The fraction of sp³-hybridized carbons (Fsp3) is 0.250. The molecule has 156 valence electrons. The molecule has 1 aromatic heterocycles. The van der Waals surface area contributed by atoms with E-state index in [1.807, 2.05) is 6.92 Å². The van der Waals surface area contributed by atoms with Gasteiger partial charge in [-0.2, -0.15) is 0 Å². The van der Waals surface area contributed by atoms with Crippen LogP contribution in [0.1, 0.15) is 25.5 Å². The Kier molecular flexibility index (Phi) is 6.68. The number of furan rings is 1. The first-order valence-corrected chi connectivity index (χ1v) is 10.1. The van der Waals surface area contributed by atoms with Gasteiger partial charge in [0.15, 0.2) is 0 Å². The fourth-order valence-corrected chi connectivity index (χ4v) is 3.60. The van der Waals surface area contributed by atoms with Crippen molar-refractivity contribution in [1.82, 2.24) is 10.2 Å². The van der Waals surface area contributed by atoms with Crippen molar-refractivity contribution in [3.63, 3.8) is 0 Å². The summed E-state index contributed by atoms with van der Waals surface area (Å²) < 4.78 is 5.63. The summed E-state index contributed by atoms with van der Waals surface area (Å²) in [7, 11) is 0. The van der Waals surface area contributed by atoms with Gasteiger partial charge in [0.1, 0.15) is 18.1 Å². The third kappa shape index (κ3) is 4.77. The minimum atomic E-state index is -0.584. The molecule has 1 aromatic carbocycles. The number of rotatable bonds is 8. The van der Waals surface area contributed by atoms with E-state index in [-0.39, 0.29) is 28.7 Å². The molecule has 0 atom stereocenters. The van der Waals surface area contributed by atoms with Crippen molar-refractivity contribution in [2.45, 2.75) is 19.8 Å². The van der Waals surface area contributed by atoms with E-state index in [9.17, 15) is 24.5 Å². The van der Waals surface area contributed by atoms with Crippen LogP contribution in [0.2, 0.25) is 0 Å². The number of nitro groups is 1. The molecule has 30 heavy (non-hydrogen) atoms. The van der Waals surface area contributed by atoms with E-state index in [1.54, 1.807) is 30.3 Å². The molecule has 0 aliphatic carbocycles. The molecule has 1 aliphatic heterocycles. The number of thioether (sulfide) groups is 1. The van der Waals surface area contributed by atoms with Crippen LogP contribution in [0, 0.1) is 10.1 Å². The summed E-state index contributed by atoms with van der Waals surface area (Å²) in [5, 5.41) is 13.3. The Labute approximate surface area is 176 Å². The van der Waals surface area contributed by atoms with Crippen molar-refractivity contribution in [3.05, 3.63) is 57.2 Å². The Bertz CT molecular complexity index is 1030. The Morgan fingerprint density at radius 3 is 2.77 bits per heavy atom. The molecule has 3 rings (SSSR count). The van der Waals surface area contributed by atoms with E-state index in [0.29, 0.717) is 23.9 Å². The third-order valence-electron chi connectivity index (χ3n) is 4.29. The van der Waals surface area contributed by atoms with Gasteiger partial charge in [-0.05, 0) is 36.4 Å². The number of hydrogen-bond acceptors (Lipinski definition) is 7. The Morgan fingerprint density at radius 2 is 2.03 bits per heavy atom. The first-order chi connectivity index (χ1) is 14.4. The highest BCUT2D eigenvalue weighted by Gasteiger charge is 2.36. The number of nitrogens with one attached hydrogen (secondary N) is 1. The van der Waals surface area contributed by atoms with Gasteiger partial charge in [0.25, 0.3) is 16.8 Å². The van der Waals surface area contributed by atoms with Crippen LogP contribution in [0.4, 0.5) is 10.5 Å². The van der Waals surface area contributed by atoms with E-state index >= 15 is 0 Å². The summed E-state index contributed by atoms with van der Waals surface area (Å²) in [5.74, 6) is -0.452. The van der Waals surface area contributed by atoms with Crippen LogP contribution in [0.5, 0.6) is 0 Å². The van der Waals surface area contributed by atoms with Gasteiger partial charge < -0.3 is 9.73 Å². The fourth-order valence-electron chi connectivity index (χ4n) is 2.79. The molecule has 1 fully saturated rings. The molecular weight excluding hydrogens is 410 g/mol. The van der Waals surface area contributed by atoms with Crippen LogP contribution in [0.25, 0.3) is 17.4 Å². The van der Waals surface area contributed by atoms with Gasteiger partial charge in [0, 0.05) is 18.7 Å². The highest BCUT2D eigenvalue weighted by atomic mass is 32.2. The zero-order chi connectivity index (χ0) is 21.7. The summed E-state index contributed by atoms with van der Waals surface area (Å²) >= 11 is 0.710. The molecule has 10 heteroatoms. The summed E-state index contributed by atoms with van der Waals surface area (Å²) in [4.78, 5) is 48.3. The molecule has 1 N–H and O–H groups in total. The number of carbonyl (C=O) groups excluding carboxylic acids is 3. The topological polar surface area (TPSA) is 123 Å². The predicted molar refractivity (Wildman–Crippen MR) is 111 cm³/mol. The van der Waals surface area contributed by atoms with Crippen molar-refractivity contribution in [3.8, 4) is 11.3 Å². The van der Waals surface area contributed by atoms with Crippen molar-refractivity contribution >= 4 is 40.6 Å². The molecule has 9 nitrogen and oxygen atoms in total. The average molecular weight is 429 g/mol. The lowest BCUT2D eigenvalue weighted by atomic mass is 10.1. The van der Waals surface area contributed by atoms with Gasteiger partial charge in [-0.3, -0.25) is 29.4 Å². The number of para-hydroxylation sites is 1. The van der Waals surface area contributed by atoms with Gasteiger partial charge in [0.05, 0.1) is 15.4 Å². The summed E-state index contributed by atoms with van der Waals surface area (Å²) in [6.07, 6.45) is 3.12. The number of benzene rings is 1. The van der Waals surface area contributed by atoms with Crippen LogP contribution >= 0.6 is 11.8 Å². The molecule has 0 saturated carbocycles. The van der Waals surface area contributed by atoms with Gasteiger partial charge in [0.2, 0.25) is 5.91 Å². The van der Waals surface area contributed by atoms with E-state index in [0.717, 1.165) is 17.7 Å². The van der Waals surface area contributed by atoms with Crippen molar-refractivity contribution in [2.24, 2.45) is 0 Å².